The molecule has 1 aliphatic carbocycles. The molecule has 34 heavy (non-hydrogen) atoms. The number of rotatable bonds is 7. The van der Waals surface area contributed by atoms with Gasteiger partial charge < -0.3 is 19.2 Å². The van der Waals surface area contributed by atoms with Crippen LogP contribution in [0.3, 0.4) is 0 Å². The number of pyridine rings is 1. The van der Waals surface area contributed by atoms with Gasteiger partial charge in [0.05, 0.1) is 11.1 Å². The van der Waals surface area contributed by atoms with Crippen molar-refractivity contribution >= 4 is 22.9 Å². The van der Waals surface area contributed by atoms with E-state index in [2.05, 4.69) is 15.2 Å². The number of carbonyl (C=O) groups excluding carboxylic acids is 1. The van der Waals surface area contributed by atoms with Crippen LogP contribution >= 0.6 is 0 Å². The third kappa shape index (κ3) is 4.40. The summed E-state index contributed by atoms with van der Waals surface area (Å²) in [6.45, 7) is 7.80. The molecular weight excluding hydrogens is 430 g/mol. The molecule has 178 valence electrons. The number of nitrogens with zero attached hydrogens (tertiary/aromatic N) is 2. The average Bonchev–Trinajstić information content (AvgIpc) is 3.45. The van der Waals surface area contributed by atoms with E-state index in [9.17, 15) is 4.79 Å². The van der Waals surface area contributed by atoms with Crippen LogP contribution in [0.1, 0.15) is 47.2 Å². The van der Waals surface area contributed by atoms with E-state index in [1.165, 1.54) is 25.9 Å². The molecule has 2 aliphatic rings. The highest BCUT2D eigenvalue weighted by atomic mass is 16.5. The molecule has 1 atom stereocenters. The van der Waals surface area contributed by atoms with Gasteiger partial charge in [-0.15, -0.1) is 0 Å². The molecule has 5 rings (SSSR count). The number of furan rings is 1. The van der Waals surface area contributed by atoms with E-state index in [-0.39, 0.29) is 5.91 Å². The van der Waals surface area contributed by atoms with Crippen molar-refractivity contribution in [1.82, 2.24) is 15.2 Å². The van der Waals surface area contributed by atoms with Crippen molar-refractivity contribution in [3.8, 4) is 11.5 Å². The predicted molar refractivity (Wildman–Crippen MR) is 132 cm³/mol. The summed E-state index contributed by atoms with van der Waals surface area (Å²) in [7, 11) is 1.62. The Morgan fingerprint density at radius 2 is 2.09 bits per heavy atom. The minimum absolute atomic E-state index is 0.143. The monoisotopic (exact) mass is 461 g/mol. The Balaban J connectivity index is 1.32. The molecule has 1 fully saturated rings. The SMILES string of the molecule is CNC(=O)c1c(C)oc2c1C=CC(C)(Oc1ccnc3cc(OCCN4CCCC4)ccc13)C2. The molecule has 1 amide bonds. The molecule has 0 bridgehead atoms. The second kappa shape index (κ2) is 9.14. The van der Waals surface area contributed by atoms with Crippen LogP contribution in [0.25, 0.3) is 17.0 Å². The molecule has 2 aromatic heterocycles. The van der Waals surface area contributed by atoms with Gasteiger partial charge in [-0.2, -0.15) is 0 Å². The maximum atomic E-state index is 12.3. The highest BCUT2D eigenvalue weighted by molar-refractivity contribution is 5.99. The fourth-order valence-corrected chi connectivity index (χ4v) is 4.87. The lowest BCUT2D eigenvalue weighted by molar-refractivity contribution is 0.0961. The van der Waals surface area contributed by atoms with E-state index in [0.29, 0.717) is 24.4 Å². The highest BCUT2D eigenvalue weighted by Gasteiger charge is 2.34. The number of amides is 1. The van der Waals surface area contributed by atoms with E-state index < -0.39 is 5.60 Å². The molecule has 1 aliphatic heterocycles. The first-order valence-electron chi connectivity index (χ1n) is 11.9. The molecule has 1 saturated heterocycles. The summed E-state index contributed by atoms with van der Waals surface area (Å²) in [5, 5.41) is 3.61. The average molecular weight is 462 g/mol. The van der Waals surface area contributed by atoms with Crippen LogP contribution in [0.4, 0.5) is 0 Å². The summed E-state index contributed by atoms with van der Waals surface area (Å²) in [6.07, 6.45) is 8.78. The van der Waals surface area contributed by atoms with Crippen molar-refractivity contribution in [3.63, 3.8) is 0 Å². The number of aromatic nitrogens is 1. The number of fused-ring (bicyclic) bond motifs is 2. The third-order valence-corrected chi connectivity index (χ3v) is 6.66. The topological polar surface area (TPSA) is 76.8 Å². The zero-order chi connectivity index (χ0) is 23.7. The van der Waals surface area contributed by atoms with Crippen molar-refractivity contribution in [2.24, 2.45) is 0 Å². The summed E-state index contributed by atoms with van der Waals surface area (Å²) >= 11 is 0. The standard InChI is InChI=1S/C27H31N3O4/c1-18-25(26(31)28-3)21-8-10-27(2,17-24(21)33-18)34-23-9-11-29-22-16-19(6-7-20(22)23)32-15-14-30-12-4-5-13-30/h6-11,16H,4-5,12-15,17H2,1-3H3,(H,28,31). The van der Waals surface area contributed by atoms with Crippen molar-refractivity contribution < 1.29 is 18.7 Å². The number of ether oxygens (including phenoxy) is 2. The van der Waals surface area contributed by atoms with E-state index in [4.69, 9.17) is 13.9 Å². The lowest BCUT2D eigenvalue weighted by Crippen LogP contribution is -2.34. The number of likely N-dealkylation sites (tertiary alicyclic amines) is 1. The molecule has 3 heterocycles. The van der Waals surface area contributed by atoms with Crippen LogP contribution in [0, 0.1) is 6.92 Å². The van der Waals surface area contributed by atoms with Gasteiger partial charge >= 0.3 is 0 Å². The number of carbonyl (C=O) groups is 1. The van der Waals surface area contributed by atoms with E-state index in [1.54, 1.807) is 13.2 Å². The molecule has 7 nitrogen and oxygen atoms in total. The van der Waals surface area contributed by atoms with E-state index in [0.717, 1.165) is 40.3 Å². The van der Waals surface area contributed by atoms with Crippen LogP contribution < -0.4 is 14.8 Å². The molecule has 7 heteroatoms. The van der Waals surface area contributed by atoms with Crippen LogP contribution in [0.15, 0.2) is 41.0 Å². The fourth-order valence-electron chi connectivity index (χ4n) is 4.87. The molecular formula is C27H31N3O4. The van der Waals surface area contributed by atoms with Gasteiger partial charge in [-0.1, -0.05) is 6.08 Å². The molecule has 0 spiro atoms. The molecule has 1 N–H and O–H groups in total. The summed E-state index contributed by atoms with van der Waals surface area (Å²) in [5.41, 5.74) is 1.63. The summed E-state index contributed by atoms with van der Waals surface area (Å²) in [6, 6.07) is 7.83. The molecule has 1 aromatic carbocycles. The lowest BCUT2D eigenvalue weighted by Gasteiger charge is -2.30. The van der Waals surface area contributed by atoms with Crippen molar-refractivity contribution in [2.75, 3.05) is 33.3 Å². The number of hydrogen-bond donors (Lipinski definition) is 1. The maximum absolute atomic E-state index is 12.3. The van der Waals surface area contributed by atoms with Gasteiger partial charge in [0, 0.05) is 43.2 Å². The van der Waals surface area contributed by atoms with Crippen molar-refractivity contribution in [3.05, 3.63) is 59.2 Å². The smallest absolute Gasteiger partial charge is 0.255 e. The third-order valence-electron chi connectivity index (χ3n) is 6.66. The number of aryl methyl sites for hydroxylation is 1. The first kappa shape index (κ1) is 22.5. The second-order valence-corrected chi connectivity index (χ2v) is 9.26. The Hall–Kier alpha value is -3.32. The van der Waals surface area contributed by atoms with Crippen molar-refractivity contribution in [1.29, 1.82) is 0 Å². The summed E-state index contributed by atoms with van der Waals surface area (Å²) in [5.74, 6) is 2.80. The normalized spacial score (nSPS) is 19.9. The van der Waals surface area contributed by atoms with E-state index >= 15 is 0 Å². The first-order valence-corrected chi connectivity index (χ1v) is 11.9. The Kier molecular flexibility index (Phi) is 6.04. The number of benzene rings is 1. The quantitative estimate of drug-likeness (QED) is 0.563. The fraction of sp³-hybridized carbons (Fsp3) is 0.407. The molecule has 3 aromatic rings. The Morgan fingerprint density at radius 1 is 1.26 bits per heavy atom. The Morgan fingerprint density at radius 3 is 2.88 bits per heavy atom. The Bertz CT molecular complexity index is 1240. The van der Waals surface area contributed by atoms with Crippen LogP contribution in [-0.4, -0.2) is 54.7 Å². The molecule has 0 saturated carbocycles. The van der Waals surface area contributed by atoms with E-state index in [1.807, 2.05) is 50.3 Å². The Labute approximate surface area is 199 Å². The van der Waals surface area contributed by atoms with Gasteiger partial charge in [0.2, 0.25) is 0 Å². The zero-order valence-electron chi connectivity index (χ0n) is 20.0. The van der Waals surface area contributed by atoms with Gasteiger partial charge in [-0.25, -0.2) is 0 Å². The van der Waals surface area contributed by atoms with Gasteiger partial charge in [0.25, 0.3) is 5.91 Å². The van der Waals surface area contributed by atoms with Gasteiger partial charge in [0.15, 0.2) is 0 Å². The minimum Gasteiger partial charge on any atom is -0.492 e. The number of hydrogen-bond acceptors (Lipinski definition) is 6. The minimum atomic E-state index is -0.615. The summed E-state index contributed by atoms with van der Waals surface area (Å²) < 4.78 is 18.4. The zero-order valence-corrected chi connectivity index (χ0v) is 20.0. The largest absolute Gasteiger partial charge is 0.492 e. The van der Waals surface area contributed by atoms with Crippen LogP contribution in [0.2, 0.25) is 0 Å². The first-order chi connectivity index (χ1) is 16.5. The van der Waals surface area contributed by atoms with Gasteiger partial charge in [0.1, 0.15) is 35.2 Å². The van der Waals surface area contributed by atoms with Gasteiger partial charge in [-0.05, 0) is 64.1 Å². The number of nitrogens with one attached hydrogen (secondary N) is 1. The maximum Gasteiger partial charge on any atom is 0.255 e. The summed E-state index contributed by atoms with van der Waals surface area (Å²) in [4.78, 5) is 19.2. The predicted octanol–water partition coefficient (Wildman–Crippen LogP) is 4.38. The molecule has 1 unspecified atom stereocenters. The van der Waals surface area contributed by atoms with Crippen LogP contribution in [0.5, 0.6) is 11.5 Å². The lowest BCUT2D eigenvalue weighted by atomic mass is 9.90. The molecule has 0 radical (unpaired) electrons. The van der Waals surface area contributed by atoms with Gasteiger partial charge in [-0.3, -0.25) is 14.7 Å². The van der Waals surface area contributed by atoms with Crippen LogP contribution in [-0.2, 0) is 6.42 Å². The second-order valence-electron chi connectivity index (χ2n) is 9.26. The van der Waals surface area contributed by atoms with Crippen molar-refractivity contribution in [2.45, 2.75) is 38.7 Å². The highest BCUT2D eigenvalue weighted by Crippen LogP contribution is 2.37.